The molecule has 0 saturated carbocycles. The van der Waals surface area contributed by atoms with Crippen molar-refractivity contribution in [1.82, 2.24) is 14.3 Å². The van der Waals surface area contributed by atoms with Crippen LogP contribution in [0.25, 0.3) is 0 Å². The zero-order valence-electron chi connectivity index (χ0n) is 18.0. The minimum Gasteiger partial charge on any atom is -0.353 e. The van der Waals surface area contributed by atoms with Gasteiger partial charge in [0.05, 0.1) is 28.5 Å². The predicted molar refractivity (Wildman–Crippen MR) is 120 cm³/mol. The van der Waals surface area contributed by atoms with Gasteiger partial charge in [-0.25, -0.2) is 4.76 Å². The smallest absolute Gasteiger partial charge is 0.168 e. The second-order valence-electron chi connectivity index (χ2n) is 7.38. The lowest BCUT2D eigenvalue weighted by Crippen LogP contribution is -2.16. The van der Waals surface area contributed by atoms with Gasteiger partial charge in [-0.1, -0.05) is 17.7 Å². The first kappa shape index (κ1) is 21.5. The first-order valence-electron chi connectivity index (χ1n) is 9.13. The van der Waals surface area contributed by atoms with E-state index in [9.17, 15) is 0 Å². The van der Waals surface area contributed by atoms with E-state index in [1.54, 1.807) is 0 Å². The third-order valence-electron chi connectivity index (χ3n) is 4.34. The van der Waals surface area contributed by atoms with Crippen LogP contribution in [0.4, 0.5) is 5.69 Å². The summed E-state index contributed by atoms with van der Waals surface area (Å²) >= 11 is 0. The zero-order chi connectivity index (χ0) is 20.3. The Morgan fingerprint density at radius 2 is 1.33 bits per heavy atom. The Morgan fingerprint density at radius 1 is 0.852 bits per heavy atom. The fraction of sp³-hybridized carbons (Fsp3) is 0.429. The summed E-state index contributed by atoms with van der Waals surface area (Å²) in [6.07, 6.45) is 0. The van der Waals surface area contributed by atoms with Gasteiger partial charge in [0.1, 0.15) is 0 Å². The SMILES string of the molecule is CC(=Nc1c(C)cc(C)cc1C)c1ccc(C(C)=NP(N(C)C)N(C)C)[nH]1. The maximum absolute atomic E-state index is 4.90. The number of aryl methyl sites for hydroxylation is 3. The molecule has 1 heterocycles. The number of nitrogens with zero attached hydrogens (tertiary/aromatic N) is 4. The molecule has 2 aromatic rings. The molecule has 0 aliphatic rings. The van der Waals surface area contributed by atoms with Crippen LogP contribution in [0.5, 0.6) is 0 Å². The topological polar surface area (TPSA) is 47.0 Å². The highest BCUT2D eigenvalue weighted by atomic mass is 31.1. The average Bonchev–Trinajstić information content (AvgIpc) is 3.05. The van der Waals surface area contributed by atoms with Gasteiger partial charge >= 0.3 is 0 Å². The van der Waals surface area contributed by atoms with E-state index >= 15 is 0 Å². The summed E-state index contributed by atoms with van der Waals surface area (Å²) in [6, 6.07) is 8.53. The molecule has 0 spiro atoms. The molecule has 0 bridgehead atoms. The van der Waals surface area contributed by atoms with E-state index in [-0.39, 0.29) is 0 Å². The van der Waals surface area contributed by atoms with Crippen molar-refractivity contribution in [2.45, 2.75) is 34.6 Å². The Morgan fingerprint density at radius 3 is 1.81 bits per heavy atom. The second-order valence-corrected chi connectivity index (χ2v) is 9.72. The molecule has 0 amide bonds. The van der Waals surface area contributed by atoms with Gasteiger partial charge in [0.2, 0.25) is 0 Å². The van der Waals surface area contributed by atoms with Crippen LogP contribution in [0.2, 0.25) is 0 Å². The van der Waals surface area contributed by atoms with Crippen LogP contribution < -0.4 is 0 Å². The molecule has 1 N–H and O–H groups in total. The lowest BCUT2D eigenvalue weighted by molar-refractivity contribution is 0.575. The van der Waals surface area contributed by atoms with Crippen LogP contribution in [0.1, 0.15) is 41.9 Å². The van der Waals surface area contributed by atoms with Crippen LogP contribution in [0.15, 0.2) is 34.0 Å². The summed E-state index contributed by atoms with van der Waals surface area (Å²) in [6.45, 7) is 10.5. The lowest BCUT2D eigenvalue weighted by Gasteiger charge is -2.25. The standard InChI is InChI=1S/C21H32N5P/c1-14-12-15(2)21(16(3)13-14)22-17(4)19-10-11-20(23-19)18(5)24-27(25(6)7)26(8)9/h10-13,23H,1-9H3. The Balaban J connectivity index is 2.32. The van der Waals surface area contributed by atoms with Crippen LogP contribution in [-0.2, 0) is 0 Å². The minimum absolute atomic E-state index is 0.695. The average molecular weight is 385 g/mol. The van der Waals surface area contributed by atoms with Crippen molar-refractivity contribution >= 4 is 25.5 Å². The summed E-state index contributed by atoms with van der Waals surface area (Å²) in [5.41, 5.74) is 8.79. The van der Waals surface area contributed by atoms with E-state index in [4.69, 9.17) is 9.76 Å². The molecule has 0 aliphatic heterocycles. The fourth-order valence-corrected chi connectivity index (χ4v) is 4.57. The molecule has 1 aromatic heterocycles. The molecular weight excluding hydrogens is 353 g/mol. The van der Waals surface area contributed by atoms with Crippen molar-refractivity contribution in [2.75, 3.05) is 28.2 Å². The number of aliphatic imine (C=N–C) groups is 1. The number of H-pyrrole nitrogens is 1. The van der Waals surface area contributed by atoms with Gasteiger partial charge in [-0.15, -0.1) is 0 Å². The first-order valence-corrected chi connectivity index (χ1v) is 10.3. The normalized spacial score (nSPS) is 13.3. The van der Waals surface area contributed by atoms with Gasteiger partial charge in [0, 0.05) is 0 Å². The highest BCUT2D eigenvalue weighted by Crippen LogP contribution is 2.41. The molecule has 0 fully saturated rings. The zero-order valence-corrected chi connectivity index (χ0v) is 18.9. The quantitative estimate of drug-likeness (QED) is 0.546. The number of benzene rings is 1. The molecule has 0 aliphatic carbocycles. The Labute approximate surface area is 165 Å². The van der Waals surface area contributed by atoms with Crippen molar-refractivity contribution in [2.24, 2.45) is 9.76 Å². The molecule has 2 rings (SSSR count). The third-order valence-corrected chi connectivity index (χ3v) is 6.25. The summed E-state index contributed by atoms with van der Waals surface area (Å²) in [5, 5.41) is 0. The lowest BCUT2D eigenvalue weighted by atomic mass is 10.1. The summed E-state index contributed by atoms with van der Waals surface area (Å²) < 4.78 is 9.20. The van der Waals surface area contributed by atoms with E-state index < -0.39 is 8.37 Å². The Kier molecular flexibility index (Phi) is 7.10. The maximum atomic E-state index is 4.90. The molecule has 27 heavy (non-hydrogen) atoms. The molecule has 1 aromatic carbocycles. The third kappa shape index (κ3) is 5.35. The summed E-state index contributed by atoms with van der Waals surface area (Å²) in [4.78, 5) is 8.37. The molecule has 0 radical (unpaired) electrons. The minimum atomic E-state index is -0.695. The number of hydrogen-bond donors (Lipinski definition) is 1. The first-order chi connectivity index (χ1) is 12.6. The second kappa shape index (κ2) is 8.92. The van der Waals surface area contributed by atoms with Crippen LogP contribution in [-0.4, -0.2) is 53.9 Å². The Bertz CT molecular complexity index is 830. The summed E-state index contributed by atoms with van der Waals surface area (Å²) in [5.74, 6) is 0. The van der Waals surface area contributed by atoms with Crippen molar-refractivity contribution in [3.63, 3.8) is 0 Å². The molecule has 0 saturated heterocycles. The highest BCUT2D eigenvalue weighted by molar-refractivity contribution is 7.51. The van der Waals surface area contributed by atoms with Crippen molar-refractivity contribution < 1.29 is 0 Å². The van der Waals surface area contributed by atoms with Gasteiger partial charge < -0.3 is 4.98 Å². The highest BCUT2D eigenvalue weighted by Gasteiger charge is 2.14. The number of nitrogens with one attached hydrogen (secondary N) is 1. The Hall–Kier alpha value is -1.81. The molecule has 146 valence electrons. The fourth-order valence-electron chi connectivity index (χ4n) is 3.12. The predicted octanol–water partition coefficient (Wildman–Crippen LogP) is 5.24. The largest absolute Gasteiger partial charge is 0.353 e. The van der Waals surface area contributed by atoms with E-state index in [0.29, 0.717) is 0 Å². The van der Waals surface area contributed by atoms with E-state index in [1.807, 2.05) is 6.92 Å². The van der Waals surface area contributed by atoms with Gasteiger partial charge in [0.25, 0.3) is 0 Å². The number of aromatic nitrogens is 1. The molecule has 0 atom stereocenters. The van der Waals surface area contributed by atoms with E-state index in [0.717, 1.165) is 28.5 Å². The van der Waals surface area contributed by atoms with Crippen molar-refractivity contribution in [3.05, 3.63) is 52.3 Å². The van der Waals surface area contributed by atoms with Crippen LogP contribution in [0, 0.1) is 20.8 Å². The van der Waals surface area contributed by atoms with Crippen molar-refractivity contribution in [3.8, 4) is 0 Å². The molecular formula is C21H32N5P. The monoisotopic (exact) mass is 385 g/mol. The van der Waals surface area contributed by atoms with E-state index in [1.165, 1.54) is 16.7 Å². The van der Waals surface area contributed by atoms with Gasteiger partial charge in [-0.2, -0.15) is 0 Å². The molecule has 5 nitrogen and oxygen atoms in total. The maximum Gasteiger partial charge on any atom is 0.168 e. The van der Waals surface area contributed by atoms with Crippen LogP contribution >= 0.6 is 8.37 Å². The van der Waals surface area contributed by atoms with Crippen LogP contribution in [0.3, 0.4) is 0 Å². The van der Waals surface area contributed by atoms with Gasteiger partial charge in [0.15, 0.2) is 8.37 Å². The number of hydrogen-bond acceptors (Lipinski definition) is 4. The molecule has 0 unspecified atom stereocenters. The summed E-state index contributed by atoms with van der Waals surface area (Å²) in [7, 11) is 7.55. The van der Waals surface area contributed by atoms with E-state index in [2.05, 4.69) is 94.5 Å². The number of rotatable bonds is 6. The number of aromatic amines is 1. The van der Waals surface area contributed by atoms with Gasteiger partial charge in [-0.05, 0) is 86.1 Å². The van der Waals surface area contributed by atoms with Gasteiger partial charge in [-0.3, -0.25) is 14.3 Å². The van der Waals surface area contributed by atoms with Crippen molar-refractivity contribution in [1.29, 1.82) is 0 Å². The molecule has 6 heteroatoms.